The van der Waals surface area contributed by atoms with Gasteiger partial charge in [0.1, 0.15) is 5.60 Å². The SMILES string of the molecule is CC(C)C1(O)CCN(C(=O)OC(C)(C)C)CC1. The molecule has 1 rings (SSSR count). The number of amides is 1. The van der Waals surface area contributed by atoms with Crippen molar-refractivity contribution < 1.29 is 14.6 Å². The van der Waals surface area contributed by atoms with Crippen LogP contribution in [0.1, 0.15) is 47.5 Å². The quantitative estimate of drug-likeness (QED) is 0.769. The molecule has 0 aromatic rings. The molecule has 0 aromatic heterocycles. The van der Waals surface area contributed by atoms with Crippen LogP contribution in [-0.2, 0) is 4.74 Å². The van der Waals surface area contributed by atoms with Gasteiger partial charge in [0, 0.05) is 13.1 Å². The summed E-state index contributed by atoms with van der Waals surface area (Å²) in [5.74, 6) is 0.225. The Labute approximate surface area is 104 Å². The third-order valence-electron chi connectivity index (χ3n) is 3.36. The number of nitrogens with zero attached hydrogens (tertiary/aromatic N) is 1. The van der Waals surface area contributed by atoms with Crippen molar-refractivity contribution >= 4 is 6.09 Å². The normalized spacial score (nSPS) is 20.5. The molecule has 0 unspecified atom stereocenters. The van der Waals surface area contributed by atoms with E-state index in [9.17, 15) is 9.90 Å². The average Bonchev–Trinajstić information content (AvgIpc) is 2.15. The van der Waals surface area contributed by atoms with E-state index in [0.29, 0.717) is 25.9 Å². The van der Waals surface area contributed by atoms with Gasteiger partial charge in [-0.3, -0.25) is 0 Å². The summed E-state index contributed by atoms with van der Waals surface area (Å²) in [5, 5.41) is 10.3. The van der Waals surface area contributed by atoms with E-state index in [1.807, 2.05) is 34.6 Å². The topological polar surface area (TPSA) is 49.8 Å². The number of rotatable bonds is 1. The van der Waals surface area contributed by atoms with Crippen LogP contribution in [-0.4, -0.2) is 40.4 Å². The predicted molar refractivity (Wildman–Crippen MR) is 66.8 cm³/mol. The van der Waals surface area contributed by atoms with Crippen LogP contribution in [0.25, 0.3) is 0 Å². The van der Waals surface area contributed by atoms with E-state index in [1.165, 1.54) is 0 Å². The molecule has 100 valence electrons. The minimum absolute atomic E-state index is 0.225. The summed E-state index contributed by atoms with van der Waals surface area (Å²) < 4.78 is 5.31. The highest BCUT2D eigenvalue weighted by Gasteiger charge is 2.37. The maximum atomic E-state index is 11.8. The Bertz CT molecular complexity index is 273. The molecule has 1 saturated heterocycles. The molecule has 4 nitrogen and oxygen atoms in total. The molecule has 1 aliphatic heterocycles. The third kappa shape index (κ3) is 3.87. The molecule has 1 aliphatic rings. The van der Waals surface area contributed by atoms with Crippen LogP contribution >= 0.6 is 0 Å². The highest BCUT2D eigenvalue weighted by molar-refractivity contribution is 5.68. The summed E-state index contributed by atoms with van der Waals surface area (Å²) in [5.41, 5.74) is -1.08. The monoisotopic (exact) mass is 243 g/mol. The summed E-state index contributed by atoms with van der Waals surface area (Å²) in [4.78, 5) is 13.5. The van der Waals surface area contributed by atoms with Gasteiger partial charge >= 0.3 is 6.09 Å². The molecule has 17 heavy (non-hydrogen) atoms. The molecule has 1 fully saturated rings. The first-order valence-electron chi connectivity index (χ1n) is 6.34. The average molecular weight is 243 g/mol. The molecular formula is C13H25NO3. The Morgan fingerprint density at radius 3 is 2.12 bits per heavy atom. The molecule has 1 N–H and O–H groups in total. The molecular weight excluding hydrogens is 218 g/mol. The van der Waals surface area contributed by atoms with Gasteiger partial charge in [-0.2, -0.15) is 0 Å². The zero-order chi connectivity index (χ0) is 13.3. The van der Waals surface area contributed by atoms with Crippen LogP contribution in [0, 0.1) is 5.92 Å². The van der Waals surface area contributed by atoms with E-state index in [-0.39, 0.29) is 12.0 Å². The highest BCUT2D eigenvalue weighted by atomic mass is 16.6. The van der Waals surface area contributed by atoms with Gasteiger partial charge < -0.3 is 14.7 Å². The van der Waals surface area contributed by atoms with Crippen molar-refractivity contribution in [3.05, 3.63) is 0 Å². The minimum Gasteiger partial charge on any atom is -0.444 e. The minimum atomic E-state index is -0.626. The van der Waals surface area contributed by atoms with E-state index in [1.54, 1.807) is 4.90 Å². The second-order valence-electron chi connectivity index (χ2n) is 6.23. The fourth-order valence-corrected chi connectivity index (χ4v) is 1.98. The standard InChI is InChI=1S/C13H25NO3/c1-10(2)13(16)6-8-14(9-7-13)11(15)17-12(3,4)5/h10,16H,6-9H2,1-5H3. The lowest BCUT2D eigenvalue weighted by Crippen LogP contribution is -2.50. The number of hydrogen-bond acceptors (Lipinski definition) is 3. The first-order valence-corrected chi connectivity index (χ1v) is 6.34. The second-order valence-corrected chi connectivity index (χ2v) is 6.23. The predicted octanol–water partition coefficient (Wildman–Crippen LogP) is 2.40. The summed E-state index contributed by atoms with van der Waals surface area (Å²) in [6, 6.07) is 0. The molecule has 0 aromatic carbocycles. The Balaban J connectivity index is 2.50. The van der Waals surface area contributed by atoms with Crippen LogP contribution < -0.4 is 0 Å². The van der Waals surface area contributed by atoms with Crippen LogP contribution in [0.3, 0.4) is 0 Å². The van der Waals surface area contributed by atoms with Gasteiger partial charge in [0.05, 0.1) is 5.60 Å². The molecule has 4 heteroatoms. The van der Waals surface area contributed by atoms with Crippen molar-refractivity contribution in [2.24, 2.45) is 5.92 Å². The fourth-order valence-electron chi connectivity index (χ4n) is 1.98. The van der Waals surface area contributed by atoms with Gasteiger partial charge in [0.25, 0.3) is 0 Å². The van der Waals surface area contributed by atoms with Gasteiger partial charge in [-0.1, -0.05) is 13.8 Å². The lowest BCUT2D eigenvalue weighted by molar-refractivity contribution is -0.0598. The number of carbonyl (C=O) groups excluding carboxylic acids is 1. The number of aliphatic hydroxyl groups is 1. The van der Waals surface area contributed by atoms with Gasteiger partial charge in [-0.15, -0.1) is 0 Å². The number of ether oxygens (including phenoxy) is 1. The van der Waals surface area contributed by atoms with Crippen molar-refractivity contribution in [3.63, 3.8) is 0 Å². The van der Waals surface area contributed by atoms with E-state index >= 15 is 0 Å². The van der Waals surface area contributed by atoms with E-state index in [2.05, 4.69) is 0 Å². The fraction of sp³-hybridized carbons (Fsp3) is 0.923. The molecule has 1 heterocycles. The highest BCUT2D eigenvalue weighted by Crippen LogP contribution is 2.30. The summed E-state index contributed by atoms with van der Waals surface area (Å²) in [6.07, 6.45) is 0.983. The number of piperidine rings is 1. The van der Waals surface area contributed by atoms with E-state index < -0.39 is 11.2 Å². The molecule has 0 aliphatic carbocycles. The van der Waals surface area contributed by atoms with Crippen molar-refractivity contribution in [1.29, 1.82) is 0 Å². The smallest absolute Gasteiger partial charge is 0.410 e. The van der Waals surface area contributed by atoms with Crippen LogP contribution in [0.4, 0.5) is 4.79 Å². The van der Waals surface area contributed by atoms with E-state index in [4.69, 9.17) is 4.74 Å². The molecule has 1 amide bonds. The summed E-state index contributed by atoms with van der Waals surface area (Å²) >= 11 is 0. The zero-order valence-electron chi connectivity index (χ0n) is 11.6. The van der Waals surface area contributed by atoms with Crippen molar-refractivity contribution in [3.8, 4) is 0 Å². The van der Waals surface area contributed by atoms with Crippen molar-refractivity contribution in [1.82, 2.24) is 4.90 Å². The Morgan fingerprint density at radius 2 is 1.76 bits per heavy atom. The Kier molecular flexibility index (Phi) is 4.07. The number of carbonyl (C=O) groups is 1. The van der Waals surface area contributed by atoms with Gasteiger partial charge in [0.15, 0.2) is 0 Å². The summed E-state index contributed by atoms with van der Waals surface area (Å²) in [6.45, 7) is 10.8. The third-order valence-corrected chi connectivity index (χ3v) is 3.36. The Hall–Kier alpha value is -0.770. The van der Waals surface area contributed by atoms with Crippen LogP contribution in [0.5, 0.6) is 0 Å². The zero-order valence-corrected chi connectivity index (χ0v) is 11.6. The van der Waals surface area contributed by atoms with Crippen LogP contribution in [0.2, 0.25) is 0 Å². The largest absolute Gasteiger partial charge is 0.444 e. The van der Waals surface area contributed by atoms with Gasteiger partial charge in [0.2, 0.25) is 0 Å². The van der Waals surface area contributed by atoms with E-state index in [0.717, 1.165) is 0 Å². The molecule has 0 radical (unpaired) electrons. The van der Waals surface area contributed by atoms with Crippen molar-refractivity contribution in [2.75, 3.05) is 13.1 Å². The number of likely N-dealkylation sites (tertiary alicyclic amines) is 1. The lowest BCUT2D eigenvalue weighted by Gasteiger charge is -2.40. The number of hydrogen-bond donors (Lipinski definition) is 1. The first kappa shape index (κ1) is 14.3. The second kappa shape index (κ2) is 4.84. The summed E-state index contributed by atoms with van der Waals surface area (Å²) in [7, 11) is 0. The maximum Gasteiger partial charge on any atom is 0.410 e. The first-order chi connectivity index (χ1) is 7.64. The van der Waals surface area contributed by atoms with Gasteiger partial charge in [-0.25, -0.2) is 4.79 Å². The molecule has 0 bridgehead atoms. The maximum absolute atomic E-state index is 11.8. The molecule has 0 spiro atoms. The molecule has 0 saturated carbocycles. The Morgan fingerprint density at radius 1 is 1.29 bits per heavy atom. The molecule has 0 atom stereocenters. The lowest BCUT2D eigenvalue weighted by atomic mass is 9.82. The van der Waals surface area contributed by atoms with Gasteiger partial charge in [-0.05, 0) is 39.5 Å². The van der Waals surface area contributed by atoms with Crippen molar-refractivity contribution in [2.45, 2.75) is 58.7 Å². The van der Waals surface area contributed by atoms with Crippen LogP contribution in [0.15, 0.2) is 0 Å².